The second kappa shape index (κ2) is 6.74. The fourth-order valence-corrected chi connectivity index (χ4v) is 2.72. The Hall–Kier alpha value is -1.84. The standard InChI is InChI=1S/C18H22N2O/c1-15(20-13-11-19-12-14-20)16-7-9-18(10-8-16)21-17-5-3-2-4-6-17/h2-10,15,19H,11-14H2,1H3. The van der Waals surface area contributed by atoms with Gasteiger partial charge in [-0.2, -0.15) is 0 Å². The van der Waals surface area contributed by atoms with Gasteiger partial charge in [0, 0.05) is 32.2 Å². The molecular formula is C18H22N2O. The van der Waals surface area contributed by atoms with Crippen LogP contribution in [0.15, 0.2) is 54.6 Å². The third-order valence-electron chi connectivity index (χ3n) is 4.04. The van der Waals surface area contributed by atoms with Crippen LogP contribution in [0.25, 0.3) is 0 Å². The molecule has 0 aliphatic carbocycles. The number of nitrogens with zero attached hydrogens (tertiary/aromatic N) is 1. The van der Waals surface area contributed by atoms with Gasteiger partial charge in [0.2, 0.25) is 0 Å². The lowest BCUT2D eigenvalue weighted by Crippen LogP contribution is -2.44. The molecule has 1 aliphatic rings. The summed E-state index contributed by atoms with van der Waals surface area (Å²) >= 11 is 0. The van der Waals surface area contributed by atoms with Gasteiger partial charge in [-0.3, -0.25) is 4.90 Å². The van der Waals surface area contributed by atoms with Crippen molar-refractivity contribution in [1.29, 1.82) is 0 Å². The molecule has 1 N–H and O–H groups in total. The molecule has 2 aromatic carbocycles. The summed E-state index contributed by atoms with van der Waals surface area (Å²) in [6.45, 7) is 6.67. The van der Waals surface area contributed by atoms with Crippen molar-refractivity contribution in [3.8, 4) is 11.5 Å². The second-order valence-corrected chi connectivity index (χ2v) is 5.45. The maximum absolute atomic E-state index is 5.83. The number of ether oxygens (including phenoxy) is 1. The van der Waals surface area contributed by atoms with Crippen molar-refractivity contribution in [3.05, 3.63) is 60.2 Å². The van der Waals surface area contributed by atoms with Crippen LogP contribution in [0.2, 0.25) is 0 Å². The van der Waals surface area contributed by atoms with Crippen LogP contribution >= 0.6 is 0 Å². The van der Waals surface area contributed by atoms with Crippen LogP contribution in [-0.4, -0.2) is 31.1 Å². The van der Waals surface area contributed by atoms with E-state index in [2.05, 4.69) is 41.4 Å². The predicted octanol–water partition coefficient (Wildman–Crippen LogP) is 3.45. The zero-order valence-corrected chi connectivity index (χ0v) is 12.5. The molecule has 0 radical (unpaired) electrons. The number of para-hydroxylation sites is 1. The van der Waals surface area contributed by atoms with E-state index in [1.165, 1.54) is 5.56 Å². The molecule has 1 saturated heterocycles. The minimum atomic E-state index is 0.456. The fourth-order valence-electron chi connectivity index (χ4n) is 2.72. The fraction of sp³-hybridized carbons (Fsp3) is 0.333. The Morgan fingerprint density at radius 2 is 1.52 bits per heavy atom. The Bertz CT molecular complexity index is 547. The predicted molar refractivity (Wildman–Crippen MR) is 85.8 cm³/mol. The molecule has 0 amide bonds. The molecule has 0 bridgehead atoms. The summed E-state index contributed by atoms with van der Waals surface area (Å²) in [6, 6.07) is 18.8. The van der Waals surface area contributed by atoms with Gasteiger partial charge in [0.05, 0.1) is 0 Å². The van der Waals surface area contributed by atoms with E-state index in [0.717, 1.165) is 37.7 Å². The normalized spacial score (nSPS) is 17.4. The largest absolute Gasteiger partial charge is 0.457 e. The Labute approximate surface area is 126 Å². The first kappa shape index (κ1) is 14.1. The molecule has 1 unspecified atom stereocenters. The molecule has 3 nitrogen and oxygen atoms in total. The van der Waals surface area contributed by atoms with Gasteiger partial charge < -0.3 is 10.1 Å². The zero-order valence-electron chi connectivity index (χ0n) is 12.5. The average Bonchev–Trinajstić information content (AvgIpc) is 2.57. The van der Waals surface area contributed by atoms with Crippen LogP contribution in [0.5, 0.6) is 11.5 Å². The molecule has 2 aromatic rings. The second-order valence-electron chi connectivity index (χ2n) is 5.45. The number of hydrogen-bond acceptors (Lipinski definition) is 3. The Kier molecular flexibility index (Phi) is 4.53. The summed E-state index contributed by atoms with van der Waals surface area (Å²) < 4.78 is 5.83. The average molecular weight is 282 g/mol. The monoisotopic (exact) mass is 282 g/mol. The highest BCUT2D eigenvalue weighted by molar-refractivity contribution is 5.33. The van der Waals surface area contributed by atoms with Crippen molar-refractivity contribution in [1.82, 2.24) is 10.2 Å². The first-order chi connectivity index (χ1) is 10.3. The van der Waals surface area contributed by atoms with Gasteiger partial charge >= 0.3 is 0 Å². The number of piperazine rings is 1. The minimum absolute atomic E-state index is 0.456. The van der Waals surface area contributed by atoms with Crippen molar-refractivity contribution in [2.45, 2.75) is 13.0 Å². The molecule has 21 heavy (non-hydrogen) atoms. The summed E-state index contributed by atoms with van der Waals surface area (Å²) in [6.07, 6.45) is 0. The molecule has 3 heteroatoms. The number of rotatable bonds is 4. The van der Waals surface area contributed by atoms with Gasteiger partial charge in [0.25, 0.3) is 0 Å². The van der Waals surface area contributed by atoms with Crippen LogP contribution in [0.4, 0.5) is 0 Å². The van der Waals surface area contributed by atoms with Crippen LogP contribution in [-0.2, 0) is 0 Å². The zero-order chi connectivity index (χ0) is 14.5. The topological polar surface area (TPSA) is 24.5 Å². The summed E-state index contributed by atoms with van der Waals surface area (Å²) in [4.78, 5) is 2.52. The van der Waals surface area contributed by atoms with E-state index >= 15 is 0 Å². The van der Waals surface area contributed by atoms with Crippen molar-refractivity contribution in [3.63, 3.8) is 0 Å². The molecular weight excluding hydrogens is 260 g/mol. The SMILES string of the molecule is CC(c1ccc(Oc2ccccc2)cc1)N1CCNCC1. The quantitative estimate of drug-likeness (QED) is 0.929. The number of benzene rings is 2. The first-order valence-electron chi connectivity index (χ1n) is 7.60. The van der Waals surface area contributed by atoms with Gasteiger partial charge in [-0.05, 0) is 36.8 Å². The highest BCUT2D eigenvalue weighted by atomic mass is 16.5. The lowest BCUT2D eigenvalue weighted by atomic mass is 10.1. The van der Waals surface area contributed by atoms with E-state index < -0.39 is 0 Å². The van der Waals surface area contributed by atoms with Crippen LogP contribution in [0.1, 0.15) is 18.5 Å². The summed E-state index contributed by atoms with van der Waals surface area (Å²) in [5.41, 5.74) is 1.34. The van der Waals surface area contributed by atoms with Gasteiger partial charge in [0.15, 0.2) is 0 Å². The maximum atomic E-state index is 5.83. The Balaban J connectivity index is 1.66. The molecule has 0 aromatic heterocycles. The van der Waals surface area contributed by atoms with Crippen LogP contribution < -0.4 is 10.1 Å². The van der Waals surface area contributed by atoms with E-state index in [9.17, 15) is 0 Å². The third-order valence-corrected chi connectivity index (χ3v) is 4.04. The summed E-state index contributed by atoms with van der Waals surface area (Å²) in [5.74, 6) is 1.76. The smallest absolute Gasteiger partial charge is 0.127 e. The summed E-state index contributed by atoms with van der Waals surface area (Å²) in [7, 11) is 0. The van der Waals surface area contributed by atoms with E-state index in [4.69, 9.17) is 4.74 Å². The van der Waals surface area contributed by atoms with Gasteiger partial charge in [-0.25, -0.2) is 0 Å². The van der Waals surface area contributed by atoms with E-state index in [-0.39, 0.29) is 0 Å². The van der Waals surface area contributed by atoms with E-state index in [0.29, 0.717) is 6.04 Å². The number of nitrogens with one attached hydrogen (secondary N) is 1. The number of hydrogen-bond donors (Lipinski definition) is 1. The first-order valence-corrected chi connectivity index (χ1v) is 7.60. The molecule has 110 valence electrons. The van der Waals surface area contributed by atoms with E-state index in [1.54, 1.807) is 0 Å². The third kappa shape index (κ3) is 3.63. The van der Waals surface area contributed by atoms with Crippen molar-refractivity contribution in [2.24, 2.45) is 0 Å². The summed E-state index contributed by atoms with van der Waals surface area (Å²) in [5, 5.41) is 3.40. The molecule has 0 saturated carbocycles. The lowest BCUT2D eigenvalue weighted by Gasteiger charge is -2.33. The highest BCUT2D eigenvalue weighted by Crippen LogP contribution is 2.25. The van der Waals surface area contributed by atoms with Crippen LogP contribution in [0.3, 0.4) is 0 Å². The van der Waals surface area contributed by atoms with E-state index in [1.807, 2.05) is 30.3 Å². The molecule has 1 aliphatic heterocycles. The molecule has 1 atom stereocenters. The van der Waals surface area contributed by atoms with Crippen LogP contribution in [0, 0.1) is 0 Å². The maximum Gasteiger partial charge on any atom is 0.127 e. The van der Waals surface area contributed by atoms with Gasteiger partial charge in [-0.1, -0.05) is 30.3 Å². The van der Waals surface area contributed by atoms with Crippen molar-refractivity contribution < 1.29 is 4.74 Å². The van der Waals surface area contributed by atoms with Crippen molar-refractivity contribution >= 4 is 0 Å². The highest BCUT2D eigenvalue weighted by Gasteiger charge is 2.17. The Morgan fingerprint density at radius 3 is 2.19 bits per heavy atom. The van der Waals surface area contributed by atoms with Crippen molar-refractivity contribution in [2.75, 3.05) is 26.2 Å². The Morgan fingerprint density at radius 1 is 0.905 bits per heavy atom. The molecule has 3 rings (SSSR count). The molecule has 1 fully saturated rings. The van der Waals surface area contributed by atoms with Gasteiger partial charge in [-0.15, -0.1) is 0 Å². The molecule has 0 spiro atoms. The van der Waals surface area contributed by atoms with Gasteiger partial charge in [0.1, 0.15) is 11.5 Å². The minimum Gasteiger partial charge on any atom is -0.457 e. The molecule has 1 heterocycles. The lowest BCUT2D eigenvalue weighted by molar-refractivity contribution is 0.185.